The van der Waals surface area contributed by atoms with Crippen molar-refractivity contribution in [1.29, 1.82) is 0 Å². The van der Waals surface area contributed by atoms with Crippen LogP contribution < -0.4 is 5.32 Å². The topological polar surface area (TPSA) is 81.2 Å². The van der Waals surface area contributed by atoms with Crippen molar-refractivity contribution < 1.29 is 18.7 Å². The highest BCUT2D eigenvalue weighted by molar-refractivity contribution is 5.98. The standard InChI is InChI=1S/C20H18FN3O3/c1-11-12(2)23-18-10-14(4-9-17(18)22-11)20(26)27-13(3)19(25)24-16-7-5-15(21)6-8-16/h4-10,13H,1-3H3,(H,24,25)/t13-/m0/s1. The van der Waals surface area contributed by atoms with E-state index in [-0.39, 0.29) is 5.56 Å². The maximum absolute atomic E-state index is 12.9. The maximum atomic E-state index is 12.9. The highest BCUT2D eigenvalue weighted by Gasteiger charge is 2.19. The van der Waals surface area contributed by atoms with E-state index in [2.05, 4.69) is 15.3 Å². The number of esters is 1. The number of carbonyl (C=O) groups excluding carboxylic acids is 2. The third kappa shape index (κ3) is 4.25. The minimum absolute atomic E-state index is 0.279. The van der Waals surface area contributed by atoms with E-state index in [0.717, 1.165) is 11.4 Å². The van der Waals surface area contributed by atoms with Crippen molar-refractivity contribution in [1.82, 2.24) is 9.97 Å². The Balaban J connectivity index is 1.70. The molecule has 0 aliphatic rings. The molecular formula is C20H18FN3O3. The number of rotatable bonds is 4. The van der Waals surface area contributed by atoms with Crippen molar-refractivity contribution >= 4 is 28.6 Å². The molecule has 1 heterocycles. The van der Waals surface area contributed by atoms with Crippen molar-refractivity contribution in [3.63, 3.8) is 0 Å². The van der Waals surface area contributed by atoms with Crippen LogP contribution >= 0.6 is 0 Å². The number of aromatic nitrogens is 2. The smallest absolute Gasteiger partial charge is 0.338 e. The van der Waals surface area contributed by atoms with Gasteiger partial charge in [-0.2, -0.15) is 0 Å². The van der Waals surface area contributed by atoms with Gasteiger partial charge in [-0.25, -0.2) is 19.2 Å². The van der Waals surface area contributed by atoms with Gasteiger partial charge in [0, 0.05) is 5.69 Å². The first-order chi connectivity index (χ1) is 12.8. The molecule has 3 rings (SSSR count). The number of nitrogens with zero attached hydrogens (tertiary/aromatic N) is 2. The molecule has 0 unspecified atom stereocenters. The number of anilines is 1. The lowest BCUT2D eigenvalue weighted by molar-refractivity contribution is -0.123. The number of fused-ring (bicyclic) bond motifs is 1. The lowest BCUT2D eigenvalue weighted by atomic mass is 10.2. The Morgan fingerprint density at radius 2 is 1.63 bits per heavy atom. The molecule has 1 atom stereocenters. The number of halogens is 1. The number of hydrogen-bond donors (Lipinski definition) is 1. The van der Waals surface area contributed by atoms with Gasteiger partial charge in [-0.05, 0) is 63.2 Å². The van der Waals surface area contributed by atoms with Gasteiger partial charge < -0.3 is 10.1 Å². The molecule has 1 N–H and O–H groups in total. The maximum Gasteiger partial charge on any atom is 0.338 e. The Kier molecular flexibility index (Phi) is 5.12. The molecule has 0 fully saturated rings. The van der Waals surface area contributed by atoms with Crippen LogP contribution in [0.1, 0.15) is 28.7 Å². The SMILES string of the molecule is Cc1nc2ccc(C(=O)O[C@@H](C)C(=O)Nc3ccc(F)cc3)cc2nc1C. The number of aryl methyl sites for hydroxylation is 2. The summed E-state index contributed by atoms with van der Waals surface area (Å²) in [4.78, 5) is 33.3. The minimum Gasteiger partial charge on any atom is -0.449 e. The van der Waals surface area contributed by atoms with Gasteiger partial charge in [0.25, 0.3) is 5.91 Å². The first-order valence-electron chi connectivity index (χ1n) is 8.36. The summed E-state index contributed by atoms with van der Waals surface area (Å²) in [6.07, 6.45) is -1.02. The van der Waals surface area contributed by atoms with E-state index in [4.69, 9.17) is 4.74 Å². The quantitative estimate of drug-likeness (QED) is 0.713. The van der Waals surface area contributed by atoms with Crippen molar-refractivity contribution in [3.05, 3.63) is 65.2 Å². The van der Waals surface area contributed by atoms with Crippen LogP contribution in [0.2, 0.25) is 0 Å². The van der Waals surface area contributed by atoms with Gasteiger partial charge >= 0.3 is 5.97 Å². The summed E-state index contributed by atoms with van der Waals surface area (Å²) >= 11 is 0. The molecule has 3 aromatic rings. The van der Waals surface area contributed by atoms with Crippen LogP contribution in [0.5, 0.6) is 0 Å². The molecule has 0 aliphatic heterocycles. The fourth-order valence-corrected chi connectivity index (χ4v) is 2.42. The van der Waals surface area contributed by atoms with Gasteiger partial charge in [0.1, 0.15) is 5.82 Å². The molecule has 2 aromatic carbocycles. The zero-order valence-electron chi connectivity index (χ0n) is 15.1. The molecule has 138 valence electrons. The van der Waals surface area contributed by atoms with Crippen LogP contribution in [0, 0.1) is 19.7 Å². The van der Waals surface area contributed by atoms with E-state index in [1.54, 1.807) is 18.2 Å². The average Bonchev–Trinajstić information content (AvgIpc) is 2.64. The second-order valence-electron chi connectivity index (χ2n) is 6.14. The van der Waals surface area contributed by atoms with Crippen LogP contribution in [-0.2, 0) is 9.53 Å². The van der Waals surface area contributed by atoms with Crippen LogP contribution in [0.3, 0.4) is 0 Å². The molecule has 1 amide bonds. The van der Waals surface area contributed by atoms with Crippen LogP contribution in [0.15, 0.2) is 42.5 Å². The summed E-state index contributed by atoms with van der Waals surface area (Å²) in [5, 5.41) is 2.56. The lowest BCUT2D eigenvalue weighted by Gasteiger charge is -2.14. The van der Waals surface area contributed by atoms with Crippen LogP contribution in [0.25, 0.3) is 11.0 Å². The number of nitrogens with one attached hydrogen (secondary N) is 1. The summed E-state index contributed by atoms with van der Waals surface area (Å²) in [5.74, 6) is -1.56. The largest absolute Gasteiger partial charge is 0.449 e. The Morgan fingerprint density at radius 3 is 2.30 bits per heavy atom. The fourth-order valence-electron chi connectivity index (χ4n) is 2.42. The summed E-state index contributed by atoms with van der Waals surface area (Å²) in [5.41, 5.74) is 3.55. The molecule has 0 saturated carbocycles. The monoisotopic (exact) mass is 367 g/mol. The minimum atomic E-state index is -1.02. The number of hydrogen-bond acceptors (Lipinski definition) is 5. The summed E-state index contributed by atoms with van der Waals surface area (Å²) < 4.78 is 18.1. The highest BCUT2D eigenvalue weighted by Crippen LogP contribution is 2.16. The number of amides is 1. The molecular weight excluding hydrogens is 349 g/mol. The Labute approximate surface area is 155 Å². The van der Waals surface area contributed by atoms with Crippen molar-refractivity contribution in [2.45, 2.75) is 26.9 Å². The molecule has 0 bridgehead atoms. The molecule has 27 heavy (non-hydrogen) atoms. The summed E-state index contributed by atoms with van der Waals surface area (Å²) in [6, 6.07) is 10.2. The predicted molar refractivity (Wildman–Crippen MR) is 98.9 cm³/mol. The third-order valence-electron chi connectivity index (χ3n) is 4.08. The molecule has 7 heteroatoms. The first-order valence-corrected chi connectivity index (χ1v) is 8.36. The van der Waals surface area contributed by atoms with E-state index >= 15 is 0 Å². The van der Waals surface area contributed by atoms with Crippen molar-refractivity contribution in [3.8, 4) is 0 Å². The second-order valence-corrected chi connectivity index (χ2v) is 6.14. The zero-order chi connectivity index (χ0) is 19.6. The van der Waals surface area contributed by atoms with E-state index in [1.807, 2.05) is 13.8 Å². The van der Waals surface area contributed by atoms with E-state index in [1.165, 1.54) is 31.2 Å². The van der Waals surface area contributed by atoms with Crippen molar-refractivity contribution in [2.75, 3.05) is 5.32 Å². The molecule has 6 nitrogen and oxygen atoms in total. The fraction of sp³-hybridized carbons (Fsp3) is 0.200. The molecule has 1 aromatic heterocycles. The van der Waals surface area contributed by atoms with Gasteiger partial charge in [0.2, 0.25) is 0 Å². The normalized spacial score (nSPS) is 11.9. The number of carbonyl (C=O) groups is 2. The Hall–Kier alpha value is -3.35. The lowest BCUT2D eigenvalue weighted by Crippen LogP contribution is -2.30. The second kappa shape index (κ2) is 7.49. The van der Waals surface area contributed by atoms with E-state index in [0.29, 0.717) is 16.7 Å². The van der Waals surface area contributed by atoms with Crippen LogP contribution in [0.4, 0.5) is 10.1 Å². The molecule has 0 radical (unpaired) electrons. The van der Waals surface area contributed by atoms with Crippen LogP contribution in [-0.4, -0.2) is 27.9 Å². The molecule has 0 aliphatic carbocycles. The Bertz CT molecular complexity index is 1020. The van der Waals surface area contributed by atoms with Gasteiger partial charge in [-0.15, -0.1) is 0 Å². The molecule has 0 saturated heterocycles. The average molecular weight is 367 g/mol. The van der Waals surface area contributed by atoms with E-state index < -0.39 is 23.8 Å². The number of benzene rings is 2. The predicted octanol–water partition coefficient (Wildman–Crippen LogP) is 3.57. The highest BCUT2D eigenvalue weighted by atomic mass is 19.1. The van der Waals surface area contributed by atoms with Crippen molar-refractivity contribution in [2.24, 2.45) is 0 Å². The zero-order valence-corrected chi connectivity index (χ0v) is 15.1. The van der Waals surface area contributed by atoms with Gasteiger partial charge in [-0.1, -0.05) is 0 Å². The summed E-state index contributed by atoms with van der Waals surface area (Å²) in [7, 11) is 0. The van der Waals surface area contributed by atoms with Gasteiger partial charge in [0.05, 0.1) is 28.0 Å². The number of ether oxygens (including phenoxy) is 1. The van der Waals surface area contributed by atoms with Gasteiger partial charge in [0.15, 0.2) is 6.10 Å². The van der Waals surface area contributed by atoms with E-state index in [9.17, 15) is 14.0 Å². The Morgan fingerprint density at radius 1 is 1.00 bits per heavy atom. The molecule has 0 spiro atoms. The van der Waals surface area contributed by atoms with Gasteiger partial charge in [-0.3, -0.25) is 4.79 Å². The third-order valence-corrected chi connectivity index (χ3v) is 4.08. The summed E-state index contributed by atoms with van der Waals surface area (Å²) in [6.45, 7) is 5.17. The first kappa shape index (κ1) is 18.4.